The standard InChI is InChI=1S/C20H17N7O3S4/c28-17-11-13(21-20-27(17)22-19(32-20)15-4-2-10-31-15)12-25-6-8-26(9-7-25)34(29,30)16-5-1-3-14-18(16)24-33-23-14/h1-5,10-11H,6-9,12H2. The number of nitrogens with zero attached hydrogens (tertiary/aromatic N) is 7. The Morgan fingerprint density at radius 3 is 2.68 bits per heavy atom. The molecule has 10 nitrogen and oxygen atoms in total. The molecule has 0 radical (unpaired) electrons. The molecule has 1 aromatic carbocycles. The summed E-state index contributed by atoms with van der Waals surface area (Å²) in [5, 5.41) is 7.13. The molecule has 5 heterocycles. The lowest BCUT2D eigenvalue weighted by Gasteiger charge is -2.33. The highest BCUT2D eigenvalue weighted by atomic mass is 32.2. The second-order valence-corrected chi connectivity index (χ2v) is 12.1. The Bertz CT molecular complexity index is 1650. The van der Waals surface area contributed by atoms with Gasteiger partial charge in [-0.3, -0.25) is 9.69 Å². The number of thiophene rings is 1. The van der Waals surface area contributed by atoms with Gasteiger partial charge in [-0.2, -0.15) is 22.7 Å². The molecule has 0 atom stereocenters. The smallest absolute Gasteiger partial charge is 0.275 e. The highest BCUT2D eigenvalue weighted by Gasteiger charge is 2.31. The van der Waals surface area contributed by atoms with Gasteiger partial charge >= 0.3 is 0 Å². The molecule has 0 saturated carbocycles. The average Bonchev–Trinajstić information content (AvgIpc) is 3.59. The molecule has 1 saturated heterocycles. The molecule has 0 unspecified atom stereocenters. The van der Waals surface area contributed by atoms with E-state index in [-0.39, 0.29) is 10.5 Å². The molecule has 4 aromatic heterocycles. The second-order valence-electron chi connectivity index (χ2n) is 7.73. The molecule has 1 aliphatic heterocycles. The van der Waals surface area contributed by atoms with E-state index in [2.05, 4.69) is 23.7 Å². The first-order chi connectivity index (χ1) is 16.5. The maximum atomic E-state index is 13.2. The first kappa shape index (κ1) is 21.9. The van der Waals surface area contributed by atoms with Gasteiger partial charge in [-0.05, 0) is 23.6 Å². The largest absolute Gasteiger partial charge is 0.295 e. The number of aromatic nitrogens is 5. The van der Waals surface area contributed by atoms with Gasteiger partial charge in [0.15, 0.2) is 5.01 Å². The van der Waals surface area contributed by atoms with E-state index in [1.807, 2.05) is 17.5 Å². The number of benzene rings is 1. The number of piperazine rings is 1. The van der Waals surface area contributed by atoms with E-state index in [0.717, 1.165) is 21.6 Å². The van der Waals surface area contributed by atoms with E-state index in [1.54, 1.807) is 29.5 Å². The van der Waals surface area contributed by atoms with Crippen molar-refractivity contribution in [3.63, 3.8) is 0 Å². The van der Waals surface area contributed by atoms with E-state index in [1.165, 1.54) is 26.2 Å². The maximum absolute atomic E-state index is 13.2. The summed E-state index contributed by atoms with van der Waals surface area (Å²) in [5.74, 6) is 0. The third kappa shape index (κ3) is 3.85. The van der Waals surface area contributed by atoms with Crippen molar-refractivity contribution in [3.8, 4) is 9.88 Å². The molecule has 34 heavy (non-hydrogen) atoms. The maximum Gasteiger partial charge on any atom is 0.275 e. The fraction of sp³-hybridized carbons (Fsp3) is 0.250. The molecule has 14 heteroatoms. The molecular formula is C20H17N7O3S4. The van der Waals surface area contributed by atoms with Gasteiger partial charge < -0.3 is 0 Å². The lowest BCUT2D eigenvalue weighted by Crippen LogP contribution is -2.48. The van der Waals surface area contributed by atoms with Crippen LogP contribution in [0.3, 0.4) is 0 Å². The van der Waals surface area contributed by atoms with Crippen LogP contribution >= 0.6 is 34.4 Å². The molecule has 1 aliphatic rings. The summed E-state index contributed by atoms with van der Waals surface area (Å²) >= 11 is 3.96. The Balaban J connectivity index is 1.18. The van der Waals surface area contributed by atoms with Crippen molar-refractivity contribution in [2.75, 3.05) is 26.2 Å². The quantitative estimate of drug-likeness (QED) is 0.340. The van der Waals surface area contributed by atoms with Gasteiger partial charge in [0, 0.05) is 38.8 Å². The predicted octanol–water partition coefficient (Wildman–Crippen LogP) is 2.39. The van der Waals surface area contributed by atoms with Crippen LogP contribution in [0.4, 0.5) is 0 Å². The molecular weight excluding hydrogens is 515 g/mol. The van der Waals surface area contributed by atoms with Gasteiger partial charge in [-0.15, -0.1) is 11.3 Å². The van der Waals surface area contributed by atoms with Crippen molar-refractivity contribution in [2.24, 2.45) is 0 Å². The second kappa shape index (κ2) is 8.55. The van der Waals surface area contributed by atoms with E-state index in [0.29, 0.717) is 54.4 Å². The van der Waals surface area contributed by atoms with Crippen LogP contribution in [0.15, 0.2) is 51.5 Å². The minimum atomic E-state index is -3.67. The third-order valence-electron chi connectivity index (χ3n) is 5.61. The van der Waals surface area contributed by atoms with Crippen molar-refractivity contribution in [1.29, 1.82) is 0 Å². The third-order valence-corrected chi connectivity index (χ3v) is 10.0. The topological polar surface area (TPSA) is 114 Å². The zero-order chi connectivity index (χ0) is 23.3. The fourth-order valence-corrected chi connectivity index (χ4v) is 7.81. The normalized spacial score (nSPS) is 16.0. The molecule has 174 valence electrons. The fourth-order valence-electron chi connectivity index (χ4n) is 3.92. The molecule has 0 amide bonds. The van der Waals surface area contributed by atoms with Crippen LogP contribution in [0.1, 0.15) is 5.69 Å². The van der Waals surface area contributed by atoms with Crippen molar-refractivity contribution >= 4 is 60.4 Å². The average molecular weight is 532 g/mol. The van der Waals surface area contributed by atoms with Crippen molar-refractivity contribution < 1.29 is 8.42 Å². The minimum absolute atomic E-state index is 0.194. The highest BCUT2D eigenvalue weighted by Crippen LogP contribution is 2.28. The van der Waals surface area contributed by atoms with Gasteiger partial charge in [0.05, 0.1) is 22.3 Å². The summed E-state index contributed by atoms with van der Waals surface area (Å²) in [7, 11) is -3.67. The van der Waals surface area contributed by atoms with E-state index >= 15 is 0 Å². The van der Waals surface area contributed by atoms with Gasteiger partial charge in [0.1, 0.15) is 15.9 Å². The molecule has 1 fully saturated rings. The Labute approximate surface area is 206 Å². The summed E-state index contributed by atoms with van der Waals surface area (Å²) in [6.45, 7) is 2.24. The first-order valence-electron chi connectivity index (χ1n) is 10.4. The number of hydrogen-bond acceptors (Lipinski definition) is 11. The van der Waals surface area contributed by atoms with Gasteiger partial charge in [0.25, 0.3) is 5.56 Å². The monoisotopic (exact) mass is 531 g/mol. The van der Waals surface area contributed by atoms with E-state index in [4.69, 9.17) is 0 Å². The summed E-state index contributed by atoms with van der Waals surface area (Å²) in [4.78, 5) is 21.1. The van der Waals surface area contributed by atoms with Crippen LogP contribution in [0.5, 0.6) is 0 Å². The molecule has 0 bridgehead atoms. The zero-order valence-corrected chi connectivity index (χ0v) is 20.8. The van der Waals surface area contributed by atoms with Crippen LogP contribution in [-0.4, -0.2) is 67.1 Å². The number of sulfonamides is 1. The number of rotatable bonds is 5. The molecule has 0 N–H and O–H groups in total. The summed E-state index contributed by atoms with van der Waals surface area (Å²) < 4.78 is 37.6. The van der Waals surface area contributed by atoms with Crippen molar-refractivity contribution in [3.05, 3.63) is 57.8 Å². The zero-order valence-electron chi connectivity index (χ0n) is 17.6. The van der Waals surface area contributed by atoms with Crippen LogP contribution in [0, 0.1) is 0 Å². The van der Waals surface area contributed by atoms with Crippen LogP contribution in [0.2, 0.25) is 0 Å². The number of hydrogen-bond donors (Lipinski definition) is 0. The van der Waals surface area contributed by atoms with Crippen LogP contribution in [-0.2, 0) is 16.6 Å². The van der Waals surface area contributed by atoms with Gasteiger partial charge in [-0.1, -0.05) is 23.5 Å². The molecule has 0 aliphatic carbocycles. The van der Waals surface area contributed by atoms with E-state index in [9.17, 15) is 13.2 Å². The SMILES string of the molecule is O=c1cc(CN2CCN(S(=O)(=O)c3cccc4nsnc34)CC2)nc2sc(-c3cccs3)nn12. The highest BCUT2D eigenvalue weighted by molar-refractivity contribution is 7.89. The van der Waals surface area contributed by atoms with Crippen LogP contribution in [0.25, 0.3) is 25.9 Å². The Morgan fingerprint density at radius 2 is 1.88 bits per heavy atom. The Hall–Kier alpha value is -2.62. The Kier molecular flexibility index (Phi) is 5.50. The van der Waals surface area contributed by atoms with E-state index < -0.39 is 10.0 Å². The van der Waals surface area contributed by atoms with Crippen molar-refractivity contribution in [1.82, 2.24) is 32.6 Å². The number of fused-ring (bicyclic) bond motifs is 2. The van der Waals surface area contributed by atoms with Crippen LogP contribution < -0.4 is 5.56 Å². The van der Waals surface area contributed by atoms with Crippen molar-refractivity contribution in [2.45, 2.75) is 11.4 Å². The molecule has 5 aromatic rings. The minimum Gasteiger partial charge on any atom is -0.295 e. The summed E-state index contributed by atoms with van der Waals surface area (Å²) in [6.07, 6.45) is 0. The molecule has 0 spiro atoms. The lowest BCUT2D eigenvalue weighted by atomic mass is 10.3. The Morgan fingerprint density at radius 1 is 1.03 bits per heavy atom. The predicted molar refractivity (Wildman–Crippen MR) is 132 cm³/mol. The van der Waals surface area contributed by atoms with Gasteiger partial charge in [0.2, 0.25) is 15.0 Å². The summed E-state index contributed by atoms with van der Waals surface area (Å²) in [5.41, 5.74) is 1.44. The molecule has 6 rings (SSSR count). The summed E-state index contributed by atoms with van der Waals surface area (Å²) in [6, 6.07) is 10.4. The first-order valence-corrected chi connectivity index (χ1v) is 14.2. The van der Waals surface area contributed by atoms with Gasteiger partial charge in [-0.25, -0.2) is 13.4 Å². The lowest BCUT2D eigenvalue weighted by molar-refractivity contribution is 0.180.